The number of aromatic nitrogens is 2. The first kappa shape index (κ1) is 19.2. The van der Waals surface area contributed by atoms with Gasteiger partial charge in [-0.25, -0.2) is 4.79 Å². The summed E-state index contributed by atoms with van der Waals surface area (Å²) in [5.41, 5.74) is 0.915. The largest absolute Gasteiger partial charge is 0.493 e. The SMILES string of the molecule is C=CCc1cc(C=Nn2c(=O)[nH]c3ccccc3c2=O)cc(OC)c1OCC. The van der Waals surface area contributed by atoms with Crippen molar-refractivity contribution in [2.45, 2.75) is 13.3 Å². The van der Waals surface area contributed by atoms with Crippen LogP contribution in [0.1, 0.15) is 18.1 Å². The third-order valence-corrected chi connectivity index (χ3v) is 4.13. The predicted molar refractivity (Wildman–Crippen MR) is 110 cm³/mol. The molecule has 0 aliphatic carbocycles. The van der Waals surface area contributed by atoms with Gasteiger partial charge in [0.25, 0.3) is 5.56 Å². The molecule has 1 aromatic heterocycles. The van der Waals surface area contributed by atoms with Crippen LogP contribution in [0.4, 0.5) is 0 Å². The molecule has 28 heavy (non-hydrogen) atoms. The summed E-state index contributed by atoms with van der Waals surface area (Å²) in [5.74, 6) is 1.19. The Morgan fingerprint density at radius 2 is 2.04 bits per heavy atom. The number of ether oxygens (including phenoxy) is 2. The second-order valence-corrected chi connectivity index (χ2v) is 5.97. The van der Waals surface area contributed by atoms with E-state index in [2.05, 4.69) is 16.7 Å². The molecule has 0 aliphatic rings. The Labute approximate surface area is 161 Å². The average molecular weight is 379 g/mol. The highest BCUT2D eigenvalue weighted by Gasteiger charge is 2.12. The molecule has 0 radical (unpaired) electrons. The minimum Gasteiger partial charge on any atom is -0.493 e. The molecule has 0 fully saturated rings. The molecule has 1 heterocycles. The number of nitrogens with one attached hydrogen (secondary N) is 1. The topological polar surface area (TPSA) is 85.7 Å². The van der Waals surface area contributed by atoms with Crippen LogP contribution < -0.4 is 20.7 Å². The number of aromatic amines is 1. The van der Waals surface area contributed by atoms with Gasteiger partial charge in [-0.1, -0.05) is 18.2 Å². The van der Waals surface area contributed by atoms with Crippen molar-refractivity contribution in [2.24, 2.45) is 5.10 Å². The molecule has 0 bridgehead atoms. The highest BCUT2D eigenvalue weighted by molar-refractivity contribution is 5.82. The standard InChI is InChI=1S/C21H21N3O4/c1-4-8-15-11-14(12-18(27-3)19(15)28-5-2)13-22-24-20(25)16-9-6-7-10-17(16)23-21(24)26/h4,6-7,9-13H,1,5,8H2,2-3H3,(H,23,26). The van der Waals surface area contributed by atoms with E-state index in [9.17, 15) is 9.59 Å². The van der Waals surface area contributed by atoms with Crippen molar-refractivity contribution in [1.29, 1.82) is 0 Å². The van der Waals surface area contributed by atoms with E-state index in [1.165, 1.54) is 6.21 Å². The molecule has 0 saturated heterocycles. The van der Waals surface area contributed by atoms with Gasteiger partial charge in [-0.3, -0.25) is 4.79 Å². The lowest BCUT2D eigenvalue weighted by molar-refractivity contribution is 0.308. The number of hydrogen-bond donors (Lipinski definition) is 1. The van der Waals surface area contributed by atoms with Gasteiger partial charge in [0.2, 0.25) is 0 Å². The molecule has 0 spiro atoms. The van der Waals surface area contributed by atoms with E-state index in [0.29, 0.717) is 41.0 Å². The summed E-state index contributed by atoms with van der Waals surface area (Å²) < 4.78 is 11.9. The Balaban J connectivity index is 2.09. The van der Waals surface area contributed by atoms with Crippen LogP contribution in [0.25, 0.3) is 10.9 Å². The molecule has 0 atom stereocenters. The van der Waals surface area contributed by atoms with E-state index < -0.39 is 11.2 Å². The van der Waals surface area contributed by atoms with Crippen molar-refractivity contribution < 1.29 is 9.47 Å². The van der Waals surface area contributed by atoms with E-state index in [0.717, 1.165) is 10.2 Å². The number of H-pyrrole nitrogens is 1. The third-order valence-electron chi connectivity index (χ3n) is 4.13. The van der Waals surface area contributed by atoms with Gasteiger partial charge in [-0.15, -0.1) is 11.3 Å². The van der Waals surface area contributed by atoms with Gasteiger partial charge in [-0.05, 0) is 43.2 Å². The molecular formula is C21H21N3O4. The summed E-state index contributed by atoms with van der Waals surface area (Å²) in [5, 5.41) is 4.48. The number of benzene rings is 2. The van der Waals surface area contributed by atoms with Crippen molar-refractivity contribution in [2.75, 3.05) is 13.7 Å². The molecule has 0 saturated carbocycles. The van der Waals surface area contributed by atoms with Crippen LogP contribution in [-0.2, 0) is 6.42 Å². The molecule has 7 nitrogen and oxygen atoms in total. The highest BCUT2D eigenvalue weighted by atomic mass is 16.5. The molecule has 0 unspecified atom stereocenters. The van der Waals surface area contributed by atoms with Crippen molar-refractivity contribution in [3.63, 3.8) is 0 Å². The van der Waals surface area contributed by atoms with Gasteiger partial charge < -0.3 is 14.5 Å². The first-order valence-electron chi connectivity index (χ1n) is 8.82. The summed E-state index contributed by atoms with van der Waals surface area (Å²) in [6, 6.07) is 10.4. The quantitative estimate of drug-likeness (QED) is 0.505. The van der Waals surface area contributed by atoms with Crippen molar-refractivity contribution >= 4 is 17.1 Å². The Hall–Kier alpha value is -3.61. The smallest absolute Gasteiger partial charge is 0.349 e. The first-order chi connectivity index (χ1) is 13.6. The fourth-order valence-corrected chi connectivity index (χ4v) is 2.91. The second-order valence-electron chi connectivity index (χ2n) is 5.97. The van der Waals surface area contributed by atoms with Gasteiger partial charge in [0.05, 0.1) is 30.8 Å². The minimum atomic E-state index is -0.607. The number of nitrogens with zero attached hydrogens (tertiary/aromatic N) is 2. The lowest BCUT2D eigenvalue weighted by Crippen LogP contribution is -2.32. The van der Waals surface area contributed by atoms with Crippen molar-refractivity contribution in [3.8, 4) is 11.5 Å². The van der Waals surface area contributed by atoms with Crippen LogP contribution in [0.15, 0.2) is 63.7 Å². The zero-order chi connectivity index (χ0) is 20.1. The third kappa shape index (κ3) is 3.73. The Morgan fingerprint density at radius 3 is 2.75 bits per heavy atom. The maximum Gasteiger partial charge on any atom is 0.349 e. The van der Waals surface area contributed by atoms with Crippen LogP contribution in [0.5, 0.6) is 11.5 Å². The normalized spacial score (nSPS) is 11.1. The van der Waals surface area contributed by atoms with E-state index in [-0.39, 0.29) is 0 Å². The van der Waals surface area contributed by atoms with Crippen molar-refractivity contribution in [1.82, 2.24) is 9.66 Å². The molecule has 2 aromatic carbocycles. The number of para-hydroxylation sites is 1. The summed E-state index contributed by atoms with van der Waals surface area (Å²) in [7, 11) is 1.55. The number of hydrogen-bond acceptors (Lipinski definition) is 5. The van der Waals surface area contributed by atoms with E-state index in [1.807, 2.05) is 13.0 Å². The Bertz CT molecular complexity index is 1160. The van der Waals surface area contributed by atoms with Crippen LogP contribution >= 0.6 is 0 Å². The Kier molecular flexibility index (Phi) is 5.74. The predicted octanol–water partition coefficient (Wildman–Crippen LogP) is 2.71. The summed E-state index contributed by atoms with van der Waals surface area (Å²) >= 11 is 0. The van der Waals surface area contributed by atoms with Crippen LogP contribution in [0.2, 0.25) is 0 Å². The molecule has 144 valence electrons. The lowest BCUT2D eigenvalue weighted by atomic mass is 10.1. The fraction of sp³-hybridized carbons (Fsp3) is 0.190. The van der Waals surface area contributed by atoms with Gasteiger partial charge in [0.15, 0.2) is 11.5 Å². The van der Waals surface area contributed by atoms with E-state index >= 15 is 0 Å². The average Bonchev–Trinajstić information content (AvgIpc) is 2.69. The molecule has 7 heteroatoms. The summed E-state index contributed by atoms with van der Waals surface area (Å²) in [6.45, 7) is 6.16. The second kappa shape index (κ2) is 8.39. The molecule has 3 rings (SSSR count). The molecular weight excluding hydrogens is 358 g/mol. The maximum atomic E-state index is 12.6. The van der Waals surface area contributed by atoms with Gasteiger partial charge in [0.1, 0.15) is 0 Å². The molecule has 0 aliphatic heterocycles. The van der Waals surface area contributed by atoms with E-state index in [1.54, 1.807) is 43.5 Å². The number of fused-ring (bicyclic) bond motifs is 1. The van der Waals surface area contributed by atoms with Crippen molar-refractivity contribution in [3.05, 3.63) is 81.0 Å². The first-order valence-corrected chi connectivity index (χ1v) is 8.82. The zero-order valence-electron chi connectivity index (χ0n) is 15.8. The fourth-order valence-electron chi connectivity index (χ4n) is 2.91. The molecule has 3 aromatic rings. The summed E-state index contributed by atoms with van der Waals surface area (Å²) in [4.78, 5) is 27.5. The zero-order valence-corrected chi connectivity index (χ0v) is 15.8. The van der Waals surface area contributed by atoms with Gasteiger partial charge >= 0.3 is 5.69 Å². The molecule has 0 amide bonds. The number of rotatable bonds is 7. The minimum absolute atomic E-state index is 0.385. The molecule has 1 N–H and O–H groups in total. The summed E-state index contributed by atoms with van der Waals surface area (Å²) in [6.07, 6.45) is 3.77. The van der Waals surface area contributed by atoms with Crippen LogP contribution in [0, 0.1) is 0 Å². The monoisotopic (exact) mass is 379 g/mol. The number of allylic oxidation sites excluding steroid dienone is 1. The lowest BCUT2D eigenvalue weighted by Gasteiger charge is -2.14. The van der Waals surface area contributed by atoms with E-state index in [4.69, 9.17) is 9.47 Å². The number of methoxy groups -OCH3 is 1. The maximum absolute atomic E-state index is 12.6. The van der Waals surface area contributed by atoms with Crippen LogP contribution in [0.3, 0.4) is 0 Å². The van der Waals surface area contributed by atoms with Gasteiger partial charge in [-0.2, -0.15) is 5.10 Å². The Morgan fingerprint density at radius 1 is 1.25 bits per heavy atom. The van der Waals surface area contributed by atoms with Gasteiger partial charge in [0, 0.05) is 5.56 Å². The highest BCUT2D eigenvalue weighted by Crippen LogP contribution is 2.33. The van der Waals surface area contributed by atoms with Crippen LogP contribution in [-0.4, -0.2) is 29.6 Å².